The largest absolute Gasteiger partial charge is 0.341 e. The van der Waals surface area contributed by atoms with Crippen LogP contribution < -0.4 is 4.90 Å². The third-order valence-electron chi connectivity index (χ3n) is 5.27. The van der Waals surface area contributed by atoms with E-state index in [9.17, 15) is 9.59 Å². The van der Waals surface area contributed by atoms with Crippen molar-refractivity contribution in [1.82, 2.24) is 20.0 Å². The molecule has 0 bridgehead atoms. The zero-order chi connectivity index (χ0) is 18.1. The van der Waals surface area contributed by atoms with Crippen molar-refractivity contribution in [2.24, 2.45) is 5.41 Å². The third-order valence-corrected chi connectivity index (χ3v) is 5.27. The van der Waals surface area contributed by atoms with Crippen molar-refractivity contribution >= 4 is 17.5 Å². The number of hydrogen-bond acceptors (Lipinski definition) is 6. The van der Waals surface area contributed by atoms with Crippen LogP contribution in [0.1, 0.15) is 31.0 Å². The Morgan fingerprint density at radius 3 is 2.96 bits per heavy atom. The quantitative estimate of drug-likeness (QED) is 0.825. The summed E-state index contributed by atoms with van der Waals surface area (Å²) in [6.45, 7) is 3.50. The van der Waals surface area contributed by atoms with Gasteiger partial charge in [0.2, 0.25) is 17.7 Å². The molecule has 4 heterocycles. The van der Waals surface area contributed by atoms with Crippen LogP contribution >= 0.6 is 0 Å². The first-order valence-corrected chi connectivity index (χ1v) is 8.86. The fourth-order valence-electron chi connectivity index (χ4n) is 3.96. The molecule has 2 aliphatic heterocycles. The highest BCUT2D eigenvalue weighted by Gasteiger charge is 2.50. The minimum atomic E-state index is -0.492. The first kappa shape index (κ1) is 16.7. The van der Waals surface area contributed by atoms with Crippen LogP contribution in [0.4, 0.5) is 5.69 Å². The summed E-state index contributed by atoms with van der Waals surface area (Å²) in [5.41, 5.74) is 0.327. The van der Waals surface area contributed by atoms with Gasteiger partial charge in [-0.25, -0.2) is 0 Å². The normalized spacial score (nSPS) is 23.0. The van der Waals surface area contributed by atoms with E-state index in [4.69, 9.17) is 4.52 Å². The molecule has 0 saturated carbocycles. The van der Waals surface area contributed by atoms with E-state index >= 15 is 0 Å². The van der Waals surface area contributed by atoms with Gasteiger partial charge in [-0.05, 0) is 38.3 Å². The van der Waals surface area contributed by atoms with E-state index in [-0.39, 0.29) is 18.2 Å². The number of aromatic nitrogens is 3. The van der Waals surface area contributed by atoms with Gasteiger partial charge >= 0.3 is 0 Å². The molecule has 0 unspecified atom stereocenters. The van der Waals surface area contributed by atoms with Gasteiger partial charge in [0, 0.05) is 25.8 Å². The zero-order valence-electron chi connectivity index (χ0n) is 14.7. The van der Waals surface area contributed by atoms with Gasteiger partial charge in [-0.3, -0.25) is 14.6 Å². The maximum Gasteiger partial charge on any atom is 0.236 e. The van der Waals surface area contributed by atoms with Gasteiger partial charge in [0.05, 0.1) is 17.3 Å². The standard InChI is InChI=1S/C18H21N5O3/c1-13-20-15(26-21-13)10-16(24)22-8-3-5-18(12-22)6-9-23(17(18)25)14-4-2-7-19-11-14/h2,4,7,11H,3,5-6,8-10,12H2,1H3/t18-/m1/s1. The summed E-state index contributed by atoms with van der Waals surface area (Å²) < 4.78 is 5.05. The molecule has 0 aliphatic carbocycles. The number of likely N-dealkylation sites (tertiary alicyclic amines) is 1. The fourth-order valence-corrected chi connectivity index (χ4v) is 3.96. The first-order valence-electron chi connectivity index (χ1n) is 8.86. The number of carbonyl (C=O) groups excluding carboxylic acids is 2. The lowest BCUT2D eigenvalue weighted by Gasteiger charge is -2.38. The Morgan fingerprint density at radius 1 is 1.35 bits per heavy atom. The Hall–Kier alpha value is -2.77. The molecule has 1 spiro atoms. The van der Waals surface area contributed by atoms with Gasteiger partial charge in [-0.15, -0.1) is 0 Å². The number of nitrogens with zero attached hydrogens (tertiary/aromatic N) is 5. The Bertz CT molecular complexity index is 821. The van der Waals surface area contributed by atoms with E-state index in [0.29, 0.717) is 31.3 Å². The number of carbonyl (C=O) groups is 2. The maximum absolute atomic E-state index is 13.1. The number of piperidine rings is 1. The van der Waals surface area contributed by atoms with Gasteiger partial charge in [-0.1, -0.05) is 5.16 Å². The van der Waals surface area contributed by atoms with Crippen LogP contribution in [-0.2, 0) is 16.0 Å². The van der Waals surface area contributed by atoms with Gasteiger partial charge in [-0.2, -0.15) is 4.98 Å². The lowest BCUT2D eigenvalue weighted by Crippen LogP contribution is -2.50. The summed E-state index contributed by atoms with van der Waals surface area (Å²) in [7, 11) is 0. The van der Waals surface area contributed by atoms with Crippen LogP contribution in [0.3, 0.4) is 0 Å². The molecular formula is C18H21N5O3. The van der Waals surface area contributed by atoms with Crippen molar-refractivity contribution in [1.29, 1.82) is 0 Å². The molecule has 8 heteroatoms. The van der Waals surface area contributed by atoms with Crippen LogP contribution in [0.2, 0.25) is 0 Å². The second-order valence-electron chi connectivity index (χ2n) is 7.03. The molecule has 2 aromatic heterocycles. The lowest BCUT2D eigenvalue weighted by atomic mass is 9.78. The number of rotatable bonds is 3. The summed E-state index contributed by atoms with van der Waals surface area (Å²) in [6.07, 6.45) is 5.87. The van der Waals surface area contributed by atoms with Crippen molar-refractivity contribution < 1.29 is 14.1 Å². The molecule has 4 rings (SSSR count). The summed E-state index contributed by atoms with van der Waals surface area (Å²) in [6, 6.07) is 3.73. The molecule has 2 aliphatic rings. The predicted molar refractivity (Wildman–Crippen MR) is 92.2 cm³/mol. The fraction of sp³-hybridized carbons (Fsp3) is 0.500. The van der Waals surface area contributed by atoms with E-state index in [1.54, 1.807) is 29.1 Å². The lowest BCUT2D eigenvalue weighted by molar-refractivity contribution is -0.138. The number of pyridine rings is 1. The average molecular weight is 355 g/mol. The summed E-state index contributed by atoms with van der Waals surface area (Å²) in [5.74, 6) is 0.861. The minimum absolute atomic E-state index is 0.0691. The molecule has 0 radical (unpaired) electrons. The average Bonchev–Trinajstić information content (AvgIpc) is 3.20. The molecule has 26 heavy (non-hydrogen) atoms. The van der Waals surface area contributed by atoms with Crippen LogP contribution in [0.5, 0.6) is 0 Å². The van der Waals surface area contributed by atoms with E-state index in [1.165, 1.54) is 0 Å². The van der Waals surface area contributed by atoms with E-state index < -0.39 is 5.41 Å². The van der Waals surface area contributed by atoms with Gasteiger partial charge in [0.1, 0.15) is 6.42 Å². The Balaban J connectivity index is 1.48. The summed E-state index contributed by atoms with van der Waals surface area (Å²) in [4.78, 5) is 37.5. The van der Waals surface area contributed by atoms with Crippen molar-refractivity contribution in [2.75, 3.05) is 24.5 Å². The Kier molecular flexibility index (Phi) is 4.18. The van der Waals surface area contributed by atoms with Crippen LogP contribution in [-0.4, -0.2) is 51.5 Å². The molecule has 2 saturated heterocycles. The third kappa shape index (κ3) is 2.95. The summed E-state index contributed by atoms with van der Waals surface area (Å²) >= 11 is 0. The minimum Gasteiger partial charge on any atom is -0.341 e. The van der Waals surface area contributed by atoms with Crippen molar-refractivity contribution in [3.05, 3.63) is 36.2 Å². The number of hydrogen-bond donors (Lipinski definition) is 0. The maximum atomic E-state index is 13.1. The number of anilines is 1. The number of aryl methyl sites for hydroxylation is 1. The molecule has 2 fully saturated rings. The molecule has 2 aromatic rings. The monoisotopic (exact) mass is 355 g/mol. The highest BCUT2D eigenvalue weighted by Crippen LogP contribution is 2.41. The molecule has 0 aromatic carbocycles. The Morgan fingerprint density at radius 2 is 2.23 bits per heavy atom. The van der Waals surface area contributed by atoms with Crippen molar-refractivity contribution in [3.63, 3.8) is 0 Å². The highest BCUT2D eigenvalue weighted by molar-refractivity contribution is 6.00. The van der Waals surface area contributed by atoms with Gasteiger partial charge in [0.25, 0.3) is 0 Å². The van der Waals surface area contributed by atoms with Crippen LogP contribution in [0.25, 0.3) is 0 Å². The van der Waals surface area contributed by atoms with Gasteiger partial charge in [0.15, 0.2) is 5.82 Å². The van der Waals surface area contributed by atoms with E-state index in [1.807, 2.05) is 12.1 Å². The van der Waals surface area contributed by atoms with Crippen LogP contribution in [0, 0.1) is 12.3 Å². The smallest absolute Gasteiger partial charge is 0.236 e. The molecule has 1 atom stereocenters. The Labute approximate surface area is 151 Å². The molecule has 0 N–H and O–H groups in total. The van der Waals surface area contributed by atoms with E-state index in [2.05, 4.69) is 15.1 Å². The SMILES string of the molecule is Cc1noc(CC(=O)N2CCC[C@@]3(CCN(c4cccnc4)C3=O)C2)n1. The second kappa shape index (κ2) is 6.51. The summed E-state index contributed by atoms with van der Waals surface area (Å²) in [5, 5.41) is 3.72. The molecule has 136 valence electrons. The second-order valence-corrected chi connectivity index (χ2v) is 7.03. The molecule has 2 amide bonds. The predicted octanol–water partition coefficient (Wildman–Crippen LogP) is 1.36. The highest BCUT2D eigenvalue weighted by atomic mass is 16.5. The molecular weight excluding hydrogens is 334 g/mol. The van der Waals surface area contributed by atoms with Crippen molar-refractivity contribution in [3.8, 4) is 0 Å². The first-order chi connectivity index (χ1) is 12.6. The zero-order valence-corrected chi connectivity index (χ0v) is 14.7. The topological polar surface area (TPSA) is 92.4 Å². The van der Waals surface area contributed by atoms with Crippen molar-refractivity contribution in [2.45, 2.75) is 32.6 Å². The van der Waals surface area contributed by atoms with Gasteiger partial charge < -0.3 is 14.3 Å². The van der Waals surface area contributed by atoms with Crippen LogP contribution in [0.15, 0.2) is 29.0 Å². The number of amides is 2. The molecule has 8 nitrogen and oxygen atoms in total. The van der Waals surface area contributed by atoms with E-state index in [0.717, 1.165) is 24.9 Å².